The summed E-state index contributed by atoms with van der Waals surface area (Å²) < 4.78 is 6.27. The molecule has 8 heteroatoms. The Labute approximate surface area is 169 Å². The van der Waals surface area contributed by atoms with Crippen molar-refractivity contribution in [1.82, 2.24) is 20.4 Å². The van der Waals surface area contributed by atoms with E-state index in [9.17, 15) is 14.4 Å². The number of carbonyl (C=O) groups excluding carboxylic acids is 3. The zero-order valence-corrected chi connectivity index (χ0v) is 16.4. The van der Waals surface area contributed by atoms with Crippen molar-refractivity contribution in [3.63, 3.8) is 0 Å². The zero-order valence-electron chi connectivity index (χ0n) is 16.4. The van der Waals surface area contributed by atoms with E-state index in [1.165, 1.54) is 0 Å². The van der Waals surface area contributed by atoms with Gasteiger partial charge in [0.25, 0.3) is 5.91 Å². The van der Waals surface area contributed by atoms with E-state index in [0.717, 1.165) is 50.3 Å². The van der Waals surface area contributed by atoms with Crippen molar-refractivity contribution < 1.29 is 19.1 Å². The van der Waals surface area contributed by atoms with Crippen LogP contribution in [0.15, 0.2) is 18.2 Å². The van der Waals surface area contributed by atoms with Crippen LogP contribution < -0.4 is 15.4 Å². The molecule has 3 amide bonds. The number of hydrogen-bond donors (Lipinski definition) is 2. The summed E-state index contributed by atoms with van der Waals surface area (Å²) in [4.78, 5) is 40.7. The van der Waals surface area contributed by atoms with Gasteiger partial charge in [0.15, 0.2) is 0 Å². The highest BCUT2D eigenvalue weighted by molar-refractivity contribution is 6.05. The second-order valence-electron chi connectivity index (χ2n) is 8.33. The number of hydrogen-bond acceptors (Lipinski definition) is 6. The van der Waals surface area contributed by atoms with E-state index in [4.69, 9.17) is 4.74 Å². The summed E-state index contributed by atoms with van der Waals surface area (Å²) in [5.74, 6) is -0.0761. The molecule has 1 aromatic rings. The Morgan fingerprint density at radius 2 is 1.86 bits per heavy atom. The van der Waals surface area contributed by atoms with Gasteiger partial charge in [-0.15, -0.1) is 0 Å². The van der Waals surface area contributed by atoms with Crippen LogP contribution >= 0.6 is 0 Å². The molecule has 0 spiro atoms. The molecule has 0 radical (unpaired) electrons. The van der Waals surface area contributed by atoms with E-state index in [1.807, 2.05) is 12.1 Å². The highest BCUT2D eigenvalue weighted by Crippen LogP contribution is 2.37. The van der Waals surface area contributed by atoms with Gasteiger partial charge in [-0.1, -0.05) is 6.07 Å². The molecule has 1 saturated carbocycles. The van der Waals surface area contributed by atoms with Gasteiger partial charge >= 0.3 is 0 Å². The van der Waals surface area contributed by atoms with Crippen LogP contribution in [0.4, 0.5) is 0 Å². The molecule has 3 heterocycles. The second kappa shape index (κ2) is 7.42. The minimum absolute atomic E-state index is 0.160. The van der Waals surface area contributed by atoms with Crippen LogP contribution in [0.3, 0.4) is 0 Å². The van der Waals surface area contributed by atoms with Gasteiger partial charge in [-0.2, -0.15) is 0 Å². The monoisotopic (exact) mass is 398 g/mol. The van der Waals surface area contributed by atoms with Crippen LogP contribution in [0.2, 0.25) is 0 Å². The first kappa shape index (κ1) is 18.6. The Hall–Kier alpha value is -2.45. The number of nitrogens with zero attached hydrogens (tertiary/aromatic N) is 2. The molecule has 1 unspecified atom stereocenters. The number of carbonyl (C=O) groups is 3. The van der Waals surface area contributed by atoms with E-state index >= 15 is 0 Å². The van der Waals surface area contributed by atoms with E-state index < -0.39 is 6.04 Å². The Morgan fingerprint density at radius 3 is 2.62 bits per heavy atom. The van der Waals surface area contributed by atoms with Crippen molar-refractivity contribution in [3.05, 3.63) is 29.3 Å². The number of ether oxygens (including phenoxy) is 1. The molecule has 2 saturated heterocycles. The molecule has 154 valence electrons. The van der Waals surface area contributed by atoms with Crippen molar-refractivity contribution in [1.29, 1.82) is 0 Å². The fraction of sp³-hybridized carbons (Fsp3) is 0.571. The molecule has 5 rings (SSSR count). The molecule has 1 aliphatic carbocycles. The molecular weight excluding hydrogens is 372 g/mol. The van der Waals surface area contributed by atoms with Crippen molar-refractivity contribution in [2.75, 3.05) is 26.2 Å². The predicted octanol–water partition coefficient (Wildman–Crippen LogP) is 0.263. The molecule has 1 atom stereocenters. The maximum Gasteiger partial charge on any atom is 0.255 e. The molecule has 3 aliphatic heterocycles. The lowest BCUT2D eigenvalue weighted by Gasteiger charge is -2.44. The smallest absolute Gasteiger partial charge is 0.255 e. The SMILES string of the molecule is O=C1CCC(N2Cc3c(O[C@H]4C[C@@H](N5CCNCC5)C4)cccc3C2=O)C(=O)N1. The van der Waals surface area contributed by atoms with Crippen molar-refractivity contribution in [2.45, 2.75) is 50.4 Å². The number of rotatable bonds is 4. The lowest BCUT2D eigenvalue weighted by Crippen LogP contribution is -2.55. The fourth-order valence-electron chi connectivity index (χ4n) is 4.83. The summed E-state index contributed by atoms with van der Waals surface area (Å²) in [6.07, 6.45) is 2.81. The van der Waals surface area contributed by atoms with Gasteiger partial charge in [-0.3, -0.25) is 24.6 Å². The minimum atomic E-state index is -0.596. The first-order valence-electron chi connectivity index (χ1n) is 10.5. The number of piperidine rings is 1. The summed E-state index contributed by atoms with van der Waals surface area (Å²) in [7, 11) is 0. The van der Waals surface area contributed by atoms with Crippen LogP contribution in [0.25, 0.3) is 0 Å². The summed E-state index contributed by atoms with van der Waals surface area (Å²) in [5.41, 5.74) is 1.46. The topological polar surface area (TPSA) is 91.0 Å². The molecule has 8 nitrogen and oxygen atoms in total. The van der Waals surface area contributed by atoms with Gasteiger partial charge in [-0.05, 0) is 18.6 Å². The van der Waals surface area contributed by atoms with Crippen molar-refractivity contribution >= 4 is 17.7 Å². The molecule has 29 heavy (non-hydrogen) atoms. The second-order valence-corrected chi connectivity index (χ2v) is 8.33. The highest BCUT2D eigenvalue weighted by Gasteiger charge is 2.41. The number of benzene rings is 1. The number of amides is 3. The highest BCUT2D eigenvalue weighted by atomic mass is 16.5. The predicted molar refractivity (Wildman–Crippen MR) is 104 cm³/mol. The third-order valence-electron chi connectivity index (χ3n) is 6.57. The average molecular weight is 398 g/mol. The maximum absolute atomic E-state index is 12.9. The molecular formula is C21H26N4O4. The Balaban J connectivity index is 1.25. The zero-order chi connectivity index (χ0) is 20.0. The van der Waals surface area contributed by atoms with Crippen LogP contribution in [0.5, 0.6) is 5.75 Å². The lowest BCUT2D eigenvalue weighted by atomic mass is 9.87. The first-order chi connectivity index (χ1) is 14.1. The van der Waals surface area contributed by atoms with E-state index in [1.54, 1.807) is 11.0 Å². The minimum Gasteiger partial charge on any atom is -0.490 e. The third kappa shape index (κ3) is 3.40. The number of nitrogens with one attached hydrogen (secondary N) is 2. The molecule has 3 fully saturated rings. The normalized spacial score (nSPS) is 30.0. The standard InChI is InChI=1S/C21H26N4O4/c26-19-5-4-17(20(27)23-19)25-12-16-15(21(25)28)2-1-3-18(16)29-14-10-13(11-14)24-8-6-22-7-9-24/h1-3,13-14,17,22H,4-12H2,(H,23,26,27)/t13-,14+,17?. The number of imide groups is 1. The fourth-order valence-corrected chi connectivity index (χ4v) is 4.83. The number of piperazine rings is 1. The Morgan fingerprint density at radius 1 is 1.07 bits per heavy atom. The molecule has 4 aliphatic rings. The number of fused-ring (bicyclic) bond motifs is 1. The lowest BCUT2D eigenvalue weighted by molar-refractivity contribution is -0.136. The summed E-state index contributed by atoms with van der Waals surface area (Å²) in [5, 5.41) is 5.72. The van der Waals surface area contributed by atoms with Crippen LogP contribution in [-0.2, 0) is 16.1 Å². The Bertz CT molecular complexity index is 845. The summed E-state index contributed by atoms with van der Waals surface area (Å²) >= 11 is 0. The quantitative estimate of drug-likeness (QED) is 0.708. The molecule has 2 N–H and O–H groups in total. The van der Waals surface area contributed by atoms with Gasteiger partial charge in [0.1, 0.15) is 17.9 Å². The third-order valence-corrected chi connectivity index (χ3v) is 6.57. The molecule has 0 aromatic heterocycles. The first-order valence-corrected chi connectivity index (χ1v) is 10.5. The average Bonchev–Trinajstić information content (AvgIpc) is 3.02. The van der Waals surface area contributed by atoms with Crippen molar-refractivity contribution in [3.8, 4) is 5.75 Å². The van der Waals surface area contributed by atoms with Crippen LogP contribution in [0.1, 0.15) is 41.6 Å². The van der Waals surface area contributed by atoms with E-state index in [-0.39, 0.29) is 30.2 Å². The maximum atomic E-state index is 12.9. The van der Waals surface area contributed by atoms with Gasteiger partial charge in [0, 0.05) is 62.6 Å². The summed E-state index contributed by atoms with van der Waals surface area (Å²) in [6.45, 7) is 4.63. The van der Waals surface area contributed by atoms with Gasteiger partial charge < -0.3 is 15.0 Å². The summed E-state index contributed by atoms with van der Waals surface area (Å²) in [6, 6.07) is 5.53. The van der Waals surface area contributed by atoms with Gasteiger partial charge in [-0.25, -0.2) is 0 Å². The van der Waals surface area contributed by atoms with Gasteiger partial charge in [0.2, 0.25) is 11.8 Å². The van der Waals surface area contributed by atoms with Crippen molar-refractivity contribution in [2.24, 2.45) is 0 Å². The van der Waals surface area contributed by atoms with Crippen LogP contribution in [0, 0.1) is 0 Å². The molecule has 0 bridgehead atoms. The van der Waals surface area contributed by atoms with Crippen LogP contribution in [-0.4, -0.2) is 71.9 Å². The van der Waals surface area contributed by atoms with Gasteiger partial charge in [0.05, 0.1) is 6.54 Å². The Kier molecular flexibility index (Phi) is 4.75. The van der Waals surface area contributed by atoms with E-state index in [2.05, 4.69) is 15.5 Å². The molecule has 1 aromatic carbocycles. The largest absolute Gasteiger partial charge is 0.490 e. The van der Waals surface area contributed by atoms with E-state index in [0.29, 0.717) is 24.6 Å².